The maximum Gasteiger partial charge on any atom is 0.401 e. The highest BCUT2D eigenvalue weighted by Gasteiger charge is 2.36. The average molecular weight is 419 g/mol. The molecule has 0 saturated carbocycles. The zero-order valence-electron chi connectivity index (χ0n) is 16.8. The fourth-order valence-corrected chi connectivity index (χ4v) is 3.01. The number of carbonyl (C=O) groups is 3. The quantitative estimate of drug-likeness (QED) is 0.459. The largest absolute Gasteiger partial charge is 0.401 e. The molecule has 1 aliphatic rings. The second-order valence-corrected chi connectivity index (χ2v) is 8.13. The van der Waals surface area contributed by atoms with Crippen LogP contribution in [0.2, 0.25) is 0 Å². The Bertz CT molecular complexity index is 640. The Labute approximate surface area is 168 Å². The molecule has 0 aliphatic carbocycles. The van der Waals surface area contributed by atoms with Gasteiger partial charge in [0.05, 0.1) is 25.2 Å². The summed E-state index contributed by atoms with van der Waals surface area (Å²) in [6, 6.07) is -0.169. The molecule has 8 nitrogen and oxygen atoms in total. The van der Waals surface area contributed by atoms with E-state index in [0.29, 0.717) is 13.0 Å². The van der Waals surface area contributed by atoms with E-state index in [9.17, 15) is 32.8 Å². The molecule has 3 atom stereocenters. The number of halogens is 3. The molecular weight excluding hydrogens is 391 g/mol. The van der Waals surface area contributed by atoms with Crippen LogP contribution in [0.3, 0.4) is 0 Å². The van der Waals surface area contributed by atoms with Crippen molar-refractivity contribution in [2.75, 3.05) is 19.6 Å². The second-order valence-electron chi connectivity index (χ2n) is 8.13. The van der Waals surface area contributed by atoms with Gasteiger partial charge in [-0.2, -0.15) is 18.4 Å². The molecule has 0 aromatic heterocycles. The normalized spacial score (nSPS) is 19.5. The molecule has 1 rings (SSSR count). The molecule has 0 spiro atoms. The van der Waals surface area contributed by atoms with E-state index in [-0.39, 0.29) is 18.2 Å². The summed E-state index contributed by atoms with van der Waals surface area (Å²) in [5.74, 6) is -1.95. The first-order valence-electron chi connectivity index (χ1n) is 9.38. The molecule has 3 amide bonds. The first kappa shape index (κ1) is 24.7. The molecule has 0 radical (unpaired) electrons. The maximum absolute atomic E-state index is 12.5. The number of rotatable bonds is 8. The van der Waals surface area contributed by atoms with Crippen LogP contribution in [0.15, 0.2) is 0 Å². The lowest BCUT2D eigenvalue weighted by Crippen LogP contribution is -2.55. The molecule has 3 unspecified atom stereocenters. The van der Waals surface area contributed by atoms with E-state index in [1.165, 1.54) is 0 Å². The van der Waals surface area contributed by atoms with Gasteiger partial charge in [0.1, 0.15) is 6.04 Å². The molecule has 1 heterocycles. The van der Waals surface area contributed by atoms with Gasteiger partial charge < -0.3 is 16.0 Å². The van der Waals surface area contributed by atoms with Gasteiger partial charge in [-0.05, 0) is 24.7 Å². The molecule has 1 aliphatic heterocycles. The zero-order valence-corrected chi connectivity index (χ0v) is 16.8. The summed E-state index contributed by atoms with van der Waals surface area (Å²) in [5.41, 5.74) is -0.824. The van der Waals surface area contributed by atoms with E-state index < -0.39 is 48.6 Å². The van der Waals surface area contributed by atoms with Crippen molar-refractivity contribution in [1.82, 2.24) is 21.3 Å². The summed E-state index contributed by atoms with van der Waals surface area (Å²) < 4.78 is 37.4. The molecule has 0 aromatic rings. The Morgan fingerprint density at radius 2 is 1.97 bits per heavy atom. The molecular formula is C18H28F3N5O3. The van der Waals surface area contributed by atoms with Crippen molar-refractivity contribution < 1.29 is 27.6 Å². The lowest BCUT2D eigenvalue weighted by molar-refractivity contribution is -0.136. The average Bonchev–Trinajstić information content (AvgIpc) is 2.59. The minimum atomic E-state index is -4.48. The summed E-state index contributed by atoms with van der Waals surface area (Å²) in [6.45, 7) is 3.55. The number of alkyl halides is 3. The number of carbonyl (C=O) groups excluding carboxylic acids is 3. The summed E-state index contributed by atoms with van der Waals surface area (Å²) in [6.07, 6.45) is -2.92. The van der Waals surface area contributed by atoms with Gasteiger partial charge >= 0.3 is 6.18 Å². The van der Waals surface area contributed by atoms with Gasteiger partial charge in [-0.3, -0.25) is 19.7 Å². The van der Waals surface area contributed by atoms with Crippen LogP contribution < -0.4 is 21.3 Å². The number of nitrogens with one attached hydrogen (secondary N) is 4. The SMILES string of the molecule is CC(C)(C)C(NCC(F)(F)F)C(=O)NCC(=O)NC(C#N)CC1CCCNC1=O. The molecule has 164 valence electrons. The summed E-state index contributed by atoms with van der Waals surface area (Å²) in [5, 5.41) is 18.8. The van der Waals surface area contributed by atoms with Crippen molar-refractivity contribution in [2.24, 2.45) is 11.3 Å². The predicted octanol–water partition coefficient (Wildman–Crippen LogP) is 0.594. The minimum absolute atomic E-state index is 0.153. The first-order chi connectivity index (χ1) is 13.3. The minimum Gasteiger partial charge on any atom is -0.356 e. The zero-order chi connectivity index (χ0) is 22.2. The number of amides is 3. The van der Waals surface area contributed by atoms with Crippen molar-refractivity contribution in [3.63, 3.8) is 0 Å². The number of hydrogen-bond acceptors (Lipinski definition) is 5. The molecule has 11 heteroatoms. The van der Waals surface area contributed by atoms with Crippen LogP contribution in [0.1, 0.15) is 40.0 Å². The smallest absolute Gasteiger partial charge is 0.356 e. The third-order valence-corrected chi connectivity index (χ3v) is 4.47. The van der Waals surface area contributed by atoms with Crippen LogP contribution in [0.4, 0.5) is 13.2 Å². The van der Waals surface area contributed by atoms with Crippen molar-refractivity contribution in [1.29, 1.82) is 5.26 Å². The van der Waals surface area contributed by atoms with Gasteiger partial charge in [0.25, 0.3) is 0 Å². The predicted molar refractivity (Wildman–Crippen MR) is 98.2 cm³/mol. The van der Waals surface area contributed by atoms with Crippen molar-refractivity contribution in [3.8, 4) is 6.07 Å². The van der Waals surface area contributed by atoms with Gasteiger partial charge in [-0.15, -0.1) is 0 Å². The Morgan fingerprint density at radius 3 is 2.48 bits per heavy atom. The third kappa shape index (κ3) is 9.13. The lowest BCUT2D eigenvalue weighted by Gasteiger charge is -2.30. The van der Waals surface area contributed by atoms with E-state index >= 15 is 0 Å². The van der Waals surface area contributed by atoms with Gasteiger partial charge in [-0.25, -0.2) is 0 Å². The van der Waals surface area contributed by atoms with Crippen LogP contribution in [0.5, 0.6) is 0 Å². The van der Waals surface area contributed by atoms with Crippen molar-refractivity contribution >= 4 is 17.7 Å². The van der Waals surface area contributed by atoms with Gasteiger partial charge in [0.15, 0.2) is 0 Å². The fraction of sp³-hybridized carbons (Fsp3) is 0.778. The number of nitrogens with zero attached hydrogens (tertiary/aromatic N) is 1. The fourth-order valence-electron chi connectivity index (χ4n) is 3.01. The monoisotopic (exact) mass is 419 g/mol. The molecule has 0 aromatic carbocycles. The van der Waals surface area contributed by atoms with Crippen LogP contribution in [0, 0.1) is 22.7 Å². The Balaban J connectivity index is 2.55. The Hall–Kier alpha value is -2.35. The van der Waals surface area contributed by atoms with E-state index in [2.05, 4.69) is 21.3 Å². The van der Waals surface area contributed by atoms with Crippen molar-refractivity contribution in [3.05, 3.63) is 0 Å². The Kier molecular flexibility index (Phi) is 8.88. The number of hydrogen-bond donors (Lipinski definition) is 4. The van der Waals surface area contributed by atoms with E-state index in [1.807, 2.05) is 6.07 Å². The van der Waals surface area contributed by atoms with Gasteiger partial charge in [0, 0.05) is 12.5 Å². The molecule has 1 saturated heterocycles. The summed E-state index contributed by atoms with van der Waals surface area (Å²) in [7, 11) is 0. The van der Waals surface area contributed by atoms with Crippen LogP contribution in [0.25, 0.3) is 0 Å². The van der Waals surface area contributed by atoms with Gasteiger partial charge in [0.2, 0.25) is 17.7 Å². The number of piperidine rings is 1. The number of nitriles is 1. The molecule has 29 heavy (non-hydrogen) atoms. The van der Waals surface area contributed by atoms with Crippen LogP contribution in [-0.2, 0) is 14.4 Å². The second kappa shape index (κ2) is 10.4. The van der Waals surface area contributed by atoms with E-state index in [1.54, 1.807) is 20.8 Å². The van der Waals surface area contributed by atoms with E-state index in [4.69, 9.17) is 0 Å². The molecule has 0 bridgehead atoms. The first-order valence-corrected chi connectivity index (χ1v) is 9.38. The highest BCUT2D eigenvalue weighted by atomic mass is 19.4. The highest BCUT2D eigenvalue weighted by Crippen LogP contribution is 2.21. The molecule has 1 fully saturated rings. The Morgan fingerprint density at radius 1 is 1.31 bits per heavy atom. The summed E-state index contributed by atoms with van der Waals surface area (Å²) in [4.78, 5) is 36.1. The lowest BCUT2D eigenvalue weighted by atomic mass is 9.86. The van der Waals surface area contributed by atoms with Crippen molar-refractivity contribution in [2.45, 2.75) is 58.3 Å². The third-order valence-electron chi connectivity index (χ3n) is 4.47. The summed E-state index contributed by atoms with van der Waals surface area (Å²) >= 11 is 0. The molecule has 4 N–H and O–H groups in total. The van der Waals surface area contributed by atoms with Gasteiger partial charge in [-0.1, -0.05) is 20.8 Å². The van der Waals surface area contributed by atoms with E-state index in [0.717, 1.165) is 6.42 Å². The standard InChI is InChI=1S/C18H28F3N5O3/c1-17(2,3)14(25-10-18(19,20)21)16(29)24-9-13(27)26-12(8-22)7-11-5-4-6-23-15(11)28/h11-12,14,25H,4-7,9-10H2,1-3H3,(H,23,28)(H,24,29)(H,26,27). The maximum atomic E-state index is 12.5. The highest BCUT2D eigenvalue weighted by molar-refractivity contribution is 5.88. The van der Waals surface area contributed by atoms with Crippen LogP contribution in [-0.4, -0.2) is 55.6 Å². The van der Waals surface area contributed by atoms with Crippen LogP contribution >= 0.6 is 0 Å². The topological polar surface area (TPSA) is 123 Å².